The molecule has 2 aromatic carbocycles. The molecule has 0 spiro atoms. The molecule has 0 saturated heterocycles. The number of ether oxygens (including phenoxy) is 5. The van der Waals surface area contributed by atoms with Gasteiger partial charge in [0.25, 0.3) is 0 Å². The number of hydrogen-bond acceptors (Lipinski definition) is 7. The fourth-order valence-electron chi connectivity index (χ4n) is 3.44. The van der Waals surface area contributed by atoms with Gasteiger partial charge in [0.05, 0.1) is 40.4 Å². The number of para-hydroxylation sites is 2. The summed E-state index contributed by atoms with van der Waals surface area (Å²) in [5.74, 6) is 3.52. The van der Waals surface area contributed by atoms with Gasteiger partial charge >= 0.3 is 0 Å². The highest BCUT2D eigenvalue weighted by molar-refractivity contribution is 5.54. The molecule has 1 N–H and O–H groups in total. The first-order chi connectivity index (χ1) is 16.0. The maximum absolute atomic E-state index is 9.08. The highest BCUT2D eigenvalue weighted by atomic mass is 16.5. The van der Waals surface area contributed by atoms with Crippen LogP contribution in [-0.4, -0.2) is 47.1 Å². The van der Waals surface area contributed by atoms with E-state index in [2.05, 4.69) is 25.2 Å². The first-order valence-electron chi connectivity index (χ1n) is 11.3. The first-order valence-corrected chi connectivity index (χ1v) is 11.3. The fourth-order valence-corrected chi connectivity index (χ4v) is 3.44. The molecule has 0 aliphatic carbocycles. The van der Waals surface area contributed by atoms with Crippen LogP contribution in [0.4, 0.5) is 0 Å². The van der Waals surface area contributed by atoms with Gasteiger partial charge in [-0.15, -0.1) is 0 Å². The SMILES string of the molecule is COc1ccccc1OCCCNCCC(Oc1cc(CC#N)cc(OC)c1OC)C(C)C. The van der Waals surface area contributed by atoms with Crippen LogP contribution >= 0.6 is 0 Å². The lowest BCUT2D eigenvalue weighted by molar-refractivity contribution is 0.135. The number of nitriles is 1. The van der Waals surface area contributed by atoms with Gasteiger partial charge in [-0.3, -0.25) is 0 Å². The fraction of sp³-hybridized carbons (Fsp3) is 0.500. The Bertz CT molecular complexity index is 895. The summed E-state index contributed by atoms with van der Waals surface area (Å²) < 4.78 is 28.4. The first kappa shape index (κ1) is 26.1. The minimum atomic E-state index is -0.0155. The minimum absolute atomic E-state index is 0.0155. The molecule has 0 amide bonds. The van der Waals surface area contributed by atoms with Crippen LogP contribution in [0.15, 0.2) is 36.4 Å². The third-order valence-electron chi connectivity index (χ3n) is 5.24. The number of benzene rings is 2. The predicted molar refractivity (Wildman–Crippen MR) is 129 cm³/mol. The van der Waals surface area contributed by atoms with Crippen molar-refractivity contribution < 1.29 is 23.7 Å². The van der Waals surface area contributed by atoms with Crippen LogP contribution in [-0.2, 0) is 6.42 Å². The zero-order chi connectivity index (χ0) is 24.1. The summed E-state index contributed by atoms with van der Waals surface area (Å²) in [5, 5.41) is 12.5. The number of rotatable bonds is 15. The van der Waals surface area contributed by atoms with Gasteiger partial charge in [-0.25, -0.2) is 0 Å². The molecule has 0 bridgehead atoms. The van der Waals surface area contributed by atoms with Crippen molar-refractivity contribution in [1.29, 1.82) is 5.26 Å². The van der Waals surface area contributed by atoms with E-state index in [-0.39, 0.29) is 12.5 Å². The molecule has 2 rings (SSSR count). The molecule has 0 fully saturated rings. The van der Waals surface area contributed by atoms with Gasteiger partial charge in [0.1, 0.15) is 6.10 Å². The van der Waals surface area contributed by atoms with Crippen molar-refractivity contribution in [2.75, 3.05) is 41.0 Å². The molecule has 180 valence electrons. The van der Waals surface area contributed by atoms with Gasteiger partial charge in [-0.2, -0.15) is 5.26 Å². The normalized spacial score (nSPS) is 11.5. The third kappa shape index (κ3) is 8.07. The van der Waals surface area contributed by atoms with Gasteiger partial charge in [0.2, 0.25) is 5.75 Å². The van der Waals surface area contributed by atoms with Crippen molar-refractivity contribution >= 4 is 0 Å². The number of methoxy groups -OCH3 is 3. The van der Waals surface area contributed by atoms with Gasteiger partial charge < -0.3 is 29.0 Å². The Balaban J connectivity index is 1.85. The van der Waals surface area contributed by atoms with E-state index in [0.29, 0.717) is 29.8 Å². The summed E-state index contributed by atoms with van der Waals surface area (Å²) in [6.45, 7) is 6.53. The molecule has 0 aliphatic rings. The molecule has 0 aromatic heterocycles. The number of nitrogens with one attached hydrogen (secondary N) is 1. The predicted octanol–water partition coefficient (Wildman–Crippen LogP) is 4.63. The lowest BCUT2D eigenvalue weighted by atomic mass is 10.0. The van der Waals surface area contributed by atoms with Crippen LogP contribution < -0.4 is 29.0 Å². The van der Waals surface area contributed by atoms with E-state index in [0.717, 1.165) is 43.0 Å². The van der Waals surface area contributed by atoms with E-state index in [1.165, 1.54) is 0 Å². The van der Waals surface area contributed by atoms with E-state index in [1.54, 1.807) is 21.3 Å². The summed E-state index contributed by atoms with van der Waals surface area (Å²) >= 11 is 0. The summed E-state index contributed by atoms with van der Waals surface area (Å²) in [6.07, 6.45) is 1.98. The molecule has 1 unspecified atom stereocenters. The Labute approximate surface area is 197 Å². The van der Waals surface area contributed by atoms with Crippen LogP contribution in [0.3, 0.4) is 0 Å². The molecule has 0 saturated carbocycles. The summed E-state index contributed by atoms with van der Waals surface area (Å²) in [5.41, 5.74) is 0.834. The van der Waals surface area contributed by atoms with E-state index >= 15 is 0 Å². The molecule has 0 radical (unpaired) electrons. The van der Waals surface area contributed by atoms with Crippen molar-refractivity contribution in [3.8, 4) is 34.8 Å². The van der Waals surface area contributed by atoms with Crippen molar-refractivity contribution in [3.05, 3.63) is 42.0 Å². The average Bonchev–Trinajstić information content (AvgIpc) is 2.82. The number of nitrogens with zero attached hydrogens (tertiary/aromatic N) is 1. The van der Waals surface area contributed by atoms with Gasteiger partial charge in [-0.1, -0.05) is 26.0 Å². The Kier molecular flexibility index (Phi) is 11.2. The monoisotopic (exact) mass is 456 g/mol. The van der Waals surface area contributed by atoms with E-state index < -0.39 is 0 Å². The Morgan fingerprint density at radius 1 is 0.909 bits per heavy atom. The van der Waals surface area contributed by atoms with Crippen LogP contribution in [0.1, 0.15) is 32.3 Å². The Morgan fingerprint density at radius 2 is 1.61 bits per heavy atom. The maximum Gasteiger partial charge on any atom is 0.203 e. The second-order valence-electron chi connectivity index (χ2n) is 7.96. The highest BCUT2D eigenvalue weighted by Crippen LogP contribution is 2.39. The Hall–Kier alpha value is -3.11. The van der Waals surface area contributed by atoms with Crippen LogP contribution in [0, 0.1) is 17.2 Å². The molecule has 33 heavy (non-hydrogen) atoms. The maximum atomic E-state index is 9.08. The lowest BCUT2D eigenvalue weighted by Crippen LogP contribution is -2.29. The van der Waals surface area contributed by atoms with Gasteiger partial charge in [0, 0.05) is 0 Å². The molecule has 7 heteroatoms. The number of hydrogen-bond donors (Lipinski definition) is 1. The van der Waals surface area contributed by atoms with Crippen LogP contribution in [0.5, 0.6) is 28.7 Å². The van der Waals surface area contributed by atoms with Crippen molar-refractivity contribution in [2.45, 2.75) is 39.2 Å². The van der Waals surface area contributed by atoms with Crippen molar-refractivity contribution in [1.82, 2.24) is 5.32 Å². The second-order valence-corrected chi connectivity index (χ2v) is 7.96. The lowest BCUT2D eigenvalue weighted by Gasteiger charge is -2.25. The molecule has 0 aliphatic heterocycles. The quantitative estimate of drug-likeness (QED) is 0.391. The molecular formula is C26H36N2O5. The zero-order valence-corrected chi connectivity index (χ0v) is 20.3. The minimum Gasteiger partial charge on any atom is -0.493 e. The van der Waals surface area contributed by atoms with Crippen molar-refractivity contribution in [2.24, 2.45) is 5.92 Å². The molecular weight excluding hydrogens is 420 g/mol. The van der Waals surface area contributed by atoms with Crippen molar-refractivity contribution in [3.63, 3.8) is 0 Å². The highest BCUT2D eigenvalue weighted by Gasteiger charge is 2.20. The summed E-state index contributed by atoms with van der Waals surface area (Å²) in [6, 6.07) is 13.5. The molecule has 2 aromatic rings. The second kappa shape index (κ2) is 14.1. The smallest absolute Gasteiger partial charge is 0.203 e. The third-order valence-corrected chi connectivity index (χ3v) is 5.24. The Morgan fingerprint density at radius 3 is 2.24 bits per heavy atom. The van der Waals surface area contributed by atoms with Crippen LogP contribution in [0.25, 0.3) is 0 Å². The summed E-state index contributed by atoms with van der Waals surface area (Å²) in [4.78, 5) is 0. The van der Waals surface area contributed by atoms with Crippen LogP contribution in [0.2, 0.25) is 0 Å². The summed E-state index contributed by atoms with van der Waals surface area (Å²) in [7, 11) is 4.81. The van der Waals surface area contributed by atoms with E-state index in [1.807, 2.05) is 36.4 Å². The standard InChI is InChI=1S/C26H36N2O5/c1-19(2)21(33-25-18-20(11-13-27)17-24(30-4)26(25)31-5)12-15-28-14-8-16-32-23-10-7-6-9-22(23)29-3/h6-7,9-10,17-19,21,28H,8,11-12,14-16H2,1-5H3. The molecule has 1 atom stereocenters. The van der Waals surface area contributed by atoms with E-state index in [4.69, 9.17) is 28.9 Å². The topological polar surface area (TPSA) is 82.0 Å². The zero-order valence-electron chi connectivity index (χ0n) is 20.3. The largest absolute Gasteiger partial charge is 0.493 e. The van der Waals surface area contributed by atoms with Gasteiger partial charge in [-0.05, 0) is 61.7 Å². The van der Waals surface area contributed by atoms with E-state index in [9.17, 15) is 0 Å². The molecule has 0 heterocycles. The molecule has 7 nitrogen and oxygen atoms in total. The van der Waals surface area contributed by atoms with Gasteiger partial charge in [0.15, 0.2) is 23.0 Å². The average molecular weight is 457 g/mol.